The van der Waals surface area contributed by atoms with Crippen LogP contribution in [0.15, 0.2) is 34.9 Å². The van der Waals surface area contributed by atoms with Crippen LogP contribution in [0.4, 0.5) is 0 Å². The molecule has 0 saturated carbocycles. The predicted octanol–water partition coefficient (Wildman–Crippen LogP) is 2.40. The normalized spacial score (nSPS) is 10.6. The molecule has 2 N–H and O–H groups in total. The molecule has 0 spiro atoms. The van der Waals surface area contributed by atoms with Gasteiger partial charge in [0.05, 0.1) is 11.4 Å². The van der Waals surface area contributed by atoms with Crippen LogP contribution in [0, 0.1) is 6.92 Å². The Morgan fingerprint density at radius 1 is 1.40 bits per heavy atom. The lowest BCUT2D eigenvalue weighted by molar-refractivity contribution is 0.857. The average molecular weight is 266 g/mol. The van der Waals surface area contributed by atoms with Crippen molar-refractivity contribution in [2.75, 3.05) is 0 Å². The number of halogens is 1. The summed E-state index contributed by atoms with van der Waals surface area (Å²) in [5.41, 5.74) is 8.71. The molecule has 0 radical (unpaired) electrons. The Kier molecular flexibility index (Phi) is 2.88. The molecule has 0 atom stereocenters. The molecule has 0 fully saturated rings. The maximum atomic E-state index is 5.57. The quantitative estimate of drug-likeness (QED) is 0.907. The number of hydrogen-bond donors (Lipinski definition) is 1. The number of nitrogens with two attached hydrogens (primary N) is 1. The van der Waals surface area contributed by atoms with Gasteiger partial charge in [-0.2, -0.15) is 5.10 Å². The number of nitrogens with zero attached hydrogens (tertiary/aromatic N) is 2. The van der Waals surface area contributed by atoms with E-state index in [-0.39, 0.29) is 0 Å². The summed E-state index contributed by atoms with van der Waals surface area (Å²) in [6, 6.07) is 8.02. The molecule has 4 heteroatoms. The number of aryl methyl sites for hydroxylation is 1. The van der Waals surface area contributed by atoms with Crippen molar-refractivity contribution in [1.29, 1.82) is 0 Å². The van der Waals surface area contributed by atoms with Gasteiger partial charge in [0.1, 0.15) is 0 Å². The average Bonchev–Trinajstić information content (AvgIpc) is 2.64. The Morgan fingerprint density at radius 2 is 2.20 bits per heavy atom. The van der Waals surface area contributed by atoms with Gasteiger partial charge < -0.3 is 5.73 Å². The van der Waals surface area contributed by atoms with Gasteiger partial charge in [-0.3, -0.25) is 0 Å². The first kappa shape index (κ1) is 10.4. The fourth-order valence-corrected chi connectivity index (χ4v) is 2.02. The Morgan fingerprint density at radius 3 is 2.73 bits per heavy atom. The van der Waals surface area contributed by atoms with Crippen LogP contribution in [0.3, 0.4) is 0 Å². The van der Waals surface area contributed by atoms with Gasteiger partial charge in [-0.05, 0) is 46.6 Å². The third kappa shape index (κ3) is 2.11. The zero-order valence-corrected chi connectivity index (χ0v) is 10.0. The Hall–Kier alpha value is -1.13. The third-order valence-electron chi connectivity index (χ3n) is 2.22. The van der Waals surface area contributed by atoms with Gasteiger partial charge in [0.2, 0.25) is 0 Å². The molecule has 0 aliphatic rings. The smallest absolute Gasteiger partial charge is 0.0787 e. The largest absolute Gasteiger partial charge is 0.326 e. The second-order valence-electron chi connectivity index (χ2n) is 3.39. The molecule has 78 valence electrons. The standard InChI is InChI=1S/C11H12BrN3/c1-8-4-5-15(14-8)11-3-2-9(7-13)6-10(11)12/h2-6H,7,13H2,1H3. The summed E-state index contributed by atoms with van der Waals surface area (Å²) in [7, 11) is 0. The van der Waals surface area contributed by atoms with E-state index in [0.29, 0.717) is 6.54 Å². The van der Waals surface area contributed by atoms with Gasteiger partial charge in [0.25, 0.3) is 0 Å². The maximum Gasteiger partial charge on any atom is 0.0787 e. The highest BCUT2D eigenvalue weighted by Crippen LogP contribution is 2.21. The third-order valence-corrected chi connectivity index (χ3v) is 2.85. The second-order valence-corrected chi connectivity index (χ2v) is 4.25. The fraction of sp³-hybridized carbons (Fsp3) is 0.182. The Labute approximate surface area is 97.0 Å². The van der Waals surface area contributed by atoms with Crippen molar-refractivity contribution in [2.45, 2.75) is 13.5 Å². The highest BCUT2D eigenvalue weighted by molar-refractivity contribution is 9.10. The summed E-state index contributed by atoms with van der Waals surface area (Å²) >= 11 is 3.52. The van der Waals surface area contributed by atoms with Crippen LogP contribution >= 0.6 is 15.9 Å². The zero-order valence-electron chi connectivity index (χ0n) is 8.44. The lowest BCUT2D eigenvalue weighted by Crippen LogP contribution is -2.00. The summed E-state index contributed by atoms with van der Waals surface area (Å²) in [5, 5.41) is 4.35. The number of aromatic nitrogens is 2. The van der Waals surface area contributed by atoms with Gasteiger partial charge in [-0.25, -0.2) is 4.68 Å². The van der Waals surface area contributed by atoms with Gasteiger partial charge in [-0.1, -0.05) is 6.07 Å². The summed E-state index contributed by atoms with van der Waals surface area (Å²) < 4.78 is 2.85. The monoisotopic (exact) mass is 265 g/mol. The topological polar surface area (TPSA) is 43.8 Å². The SMILES string of the molecule is Cc1ccn(-c2ccc(CN)cc2Br)n1. The van der Waals surface area contributed by atoms with Gasteiger partial charge in [0, 0.05) is 17.2 Å². The Bertz CT molecular complexity index is 476. The summed E-state index contributed by atoms with van der Waals surface area (Å²) in [5.74, 6) is 0. The molecular formula is C11H12BrN3. The molecule has 2 rings (SSSR count). The van der Waals surface area contributed by atoms with Crippen LogP contribution in [0.2, 0.25) is 0 Å². The molecule has 15 heavy (non-hydrogen) atoms. The molecule has 0 aliphatic heterocycles. The van der Waals surface area contributed by atoms with Crippen LogP contribution in [0.1, 0.15) is 11.3 Å². The van der Waals surface area contributed by atoms with E-state index in [1.54, 1.807) is 0 Å². The minimum absolute atomic E-state index is 0.553. The first-order valence-electron chi connectivity index (χ1n) is 4.72. The van der Waals surface area contributed by atoms with Crippen LogP contribution in [-0.2, 0) is 6.54 Å². The van der Waals surface area contributed by atoms with Gasteiger partial charge >= 0.3 is 0 Å². The van der Waals surface area contributed by atoms with Crippen molar-refractivity contribution in [3.8, 4) is 5.69 Å². The van der Waals surface area contributed by atoms with Crippen molar-refractivity contribution in [3.05, 3.63) is 46.2 Å². The van der Waals surface area contributed by atoms with Crippen molar-refractivity contribution < 1.29 is 0 Å². The first-order chi connectivity index (χ1) is 7.20. The van der Waals surface area contributed by atoms with Gasteiger partial charge in [0.15, 0.2) is 0 Å². The molecule has 1 aromatic carbocycles. The molecule has 0 unspecified atom stereocenters. The van der Waals surface area contributed by atoms with E-state index < -0.39 is 0 Å². The molecule has 0 amide bonds. The fourth-order valence-electron chi connectivity index (χ4n) is 1.41. The molecule has 0 bridgehead atoms. The predicted molar refractivity (Wildman–Crippen MR) is 63.9 cm³/mol. The van der Waals surface area contributed by atoms with E-state index in [9.17, 15) is 0 Å². The van der Waals surface area contributed by atoms with Crippen LogP contribution in [0.5, 0.6) is 0 Å². The molecule has 2 aromatic rings. The number of rotatable bonds is 2. The Balaban J connectivity index is 2.45. The van der Waals surface area contributed by atoms with E-state index in [4.69, 9.17) is 5.73 Å². The van der Waals surface area contributed by atoms with Crippen molar-refractivity contribution in [3.63, 3.8) is 0 Å². The lowest BCUT2D eigenvalue weighted by Gasteiger charge is -2.06. The number of benzene rings is 1. The summed E-state index contributed by atoms with van der Waals surface area (Å²) in [6.45, 7) is 2.52. The highest BCUT2D eigenvalue weighted by Gasteiger charge is 2.03. The van der Waals surface area contributed by atoms with E-state index in [1.165, 1.54) is 0 Å². The minimum atomic E-state index is 0.553. The van der Waals surface area contributed by atoms with E-state index >= 15 is 0 Å². The minimum Gasteiger partial charge on any atom is -0.326 e. The lowest BCUT2D eigenvalue weighted by atomic mass is 10.2. The summed E-state index contributed by atoms with van der Waals surface area (Å²) in [6.07, 6.45) is 1.94. The molecule has 1 aromatic heterocycles. The van der Waals surface area contributed by atoms with Crippen molar-refractivity contribution in [2.24, 2.45) is 5.73 Å². The summed E-state index contributed by atoms with van der Waals surface area (Å²) in [4.78, 5) is 0. The second kappa shape index (κ2) is 4.16. The zero-order chi connectivity index (χ0) is 10.8. The maximum absolute atomic E-state index is 5.57. The molecule has 3 nitrogen and oxygen atoms in total. The molecular weight excluding hydrogens is 254 g/mol. The molecule has 1 heterocycles. The van der Waals surface area contributed by atoms with Crippen LogP contribution in [-0.4, -0.2) is 9.78 Å². The van der Waals surface area contributed by atoms with E-state index in [0.717, 1.165) is 21.4 Å². The highest BCUT2D eigenvalue weighted by atomic mass is 79.9. The first-order valence-corrected chi connectivity index (χ1v) is 5.51. The van der Waals surface area contributed by atoms with Gasteiger partial charge in [-0.15, -0.1) is 0 Å². The van der Waals surface area contributed by atoms with Crippen LogP contribution < -0.4 is 5.73 Å². The van der Waals surface area contributed by atoms with E-state index in [1.807, 2.05) is 42.1 Å². The molecule has 0 saturated heterocycles. The van der Waals surface area contributed by atoms with Crippen molar-refractivity contribution in [1.82, 2.24) is 9.78 Å². The van der Waals surface area contributed by atoms with Crippen molar-refractivity contribution >= 4 is 15.9 Å². The van der Waals surface area contributed by atoms with Crippen LogP contribution in [0.25, 0.3) is 5.69 Å². The van der Waals surface area contributed by atoms with E-state index in [2.05, 4.69) is 21.0 Å². The molecule has 0 aliphatic carbocycles. The number of hydrogen-bond acceptors (Lipinski definition) is 2.